The highest BCUT2D eigenvalue weighted by Gasteiger charge is 2.22. The predicted molar refractivity (Wildman–Crippen MR) is 116 cm³/mol. The summed E-state index contributed by atoms with van der Waals surface area (Å²) in [7, 11) is 0. The molecule has 5 rings (SSSR count). The van der Waals surface area contributed by atoms with Gasteiger partial charge in [0.1, 0.15) is 0 Å². The number of hydrogen-bond donors (Lipinski definition) is 1. The van der Waals surface area contributed by atoms with E-state index in [0.717, 1.165) is 13.1 Å². The van der Waals surface area contributed by atoms with Crippen LogP contribution in [-0.4, -0.2) is 99.3 Å². The first-order valence-corrected chi connectivity index (χ1v) is 10.6. The monoisotopic (exact) mass is 439 g/mol. The molecular formula is C20H25N9O3. The van der Waals surface area contributed by atoms with Crippen LogP contribution >= 0.6 is 0 Å². The van der Waals surface area contributed by atoms with Crippen LogP contribution in [0.1, 0.15) is 0 Å². The number of rotatable bonds is 6. The minimum Gasteiger partial charge on any atom is -0.379 e. The van der Waals surface area contributed by atoms with E-state index in [-0.39, 0.29) is 18.3 Å². The van der Waals surface area contributed by atoms with Gasteiger partial charge in [-0.05, 0) is 0 Å². The van der Waals surface area contributed by atoms with Gasteiger partial charge in [0.2, 0.25) is 5.95 Å². The molecule has 0 radical (unpaired) electrons. The number of anilines is 2. The number of carbonyl (C=O) groups excluding carboxylic acids is 1. The van der Waals surface area contributed by atoms with Gasteiger partial charge in [-0.1, -0.05) is 0 Å². The fraction of sp³-hybridized carbons (Fsp3) is 0.500. The van der Waals surface area contributed by atoms with Crippen molar-refractivity contribution in [1.82, 2.24) is 34.4 Å². The van der Waals surface area contributed by atoms with Gasteiger partial charge in [0, 0.05) is 38.6 Å². The second-order valence-electron chi connectivity index (χ2n) is 7.77. The van der Waals surface area contributed by atoms with Crippen molar-refractivity contribution < 1.29 is 14.3 Å². The van der Waals surface area contributed by atoms with Crippen molar-refractivity contribution in [1.29, 1.82) is 0 Å². The predicted octanol–water partition coefficient (Wildman–Crippen LogP) is -0.397. The molecule has 3 aromatic heterocycles. The van der Waals surface area contributed by atoms with E-state index in [1.807, 2.05) is 0 Å². The molecule has 0 atom stereocenters. The molecule has 0 aromatic carbocycles. The zero-order valence-corrected chi connectivity index (χ0v) is 17.7. The summed E-state index contributed by atoms with van der Waals surface area (Å²) in [5, 5.41) is 0. The summed E-state index contributed by atoms with van der Waals surface area (Å²) in [5.41, 5.74) is 7.53. The first-order chi connectivity index (χ1) is 15.7. The molecule has 12 heteroatoms. The van der Waals surface area contributed by atoms with E-state index < -0.39 is 0 Å². The Morgan fingerprint density at radius 3 is 2.34 bits per heavy atom. The Hall–Kier alpha value is -3.22. The van der Waals surface area contributed by atoms with Gasteiger partial charge in [-0.2, -0.15) is 0 Å². The Kier molecular flexibility index (Phi) is 5.88. The molecule has 0 unspecified atom stereocenters. The molecule has 0 bridgehead atoms. The van der Waals surface area contributed by atoms with Gasteiger partial charge in [0.25, 0.3) is 0 Å². The largest absolute Gasteiger partial charge is 0.379 e. The lowest BCUT2D eigenvalue weighted by Crippen LogP contribution is -2.40. The van der Waals surface area contributed by atoms with Crippen molar-refractivity contribution in [2.45, 2.75) is 6.54 Å². The Morgan fingerprint density at radius 2 is 1.62 bits per heavy atom. The van der Waals surface area contributed by atoms with Crippen molar-refractivity contribution in [3.05, 3.63) is 18.7 Å². The number of nitrogens with zero attached hydrogens (tertiary/aromatic N) is 8. The van der Waals surface area contributed by atoms with Crippen molar-refractivity contribution >= 4 is 28.7 Å². The zero-order valence-electron chi connectivity index (χ0n) is 17.7. The highest BCUT2D eigenvalue weighted by atomic mass is 16.5. The number of aromatic nitrogens is 6. The molecule has 12 nitrogen and oxygen atoms in total. The van der Waals surface area contributed by atoms with Gasteiger partial charge in [0.15, 0.2) is 28.6 Å². The minimum atomic E-state index is 0.0927. The highest BCUT2D eigenvalue weighted by molar-refractivity contribution is 5.88. The molecule has 0 spiro atoms. The average Bonchev–Trinajstić information content (AvgIpc) is 3.22. The topological polar surface area (TPSA) is 137 Å². The molecule has 0 aliphatic carbocycles. The van der Waals surface area contributed by atoms with Crippen molar-refractivity contribution in [2.24, 2.45) is 0 Å². The minimum absolute atomic E-state index is 0.0927. The van der Waals surface area contributed by atoms with Crippen LogP contribution in [0.2, 0.25) is 0 Å². The van der Waals surface area contributed by atoms with E-state index in [1.165, 1.54) is 0 Å². The molecular weight excluding hydrogens is 414 g/mol. The van der Waals surface area contributed by atoms with Crippen LogP contribution in [0, 0.1) is 0 Å². The zero-order chi connectivity index (χ0) is 21.9. The summed E-state index contributed by atoms with van der Waals surface area (Å²) >= 11 is 0. The van der Waals surface area contributed by atoms with Crippen LogP contribution in [0.4, 0.5) is 11.8 Å². The van der Waals surface area contributed by atoms with Gasteiger partial charge in [0.05, 0.1) is 51.4 Å². The number of nitrogens with two attached hydrogens (primary N) is 1. The summed E-state index contributed by atoms with van der Waals surface area (Å²) in [6, 6.07) is 0. The van der Waals surface area contributed by atoms with E-state index in [4.69, 9.17) is 25.2 Å². The molecule has 168 valence electrons. The van der Waals surface area contributed by atoms with E-state index >= 15 is 0 Å². The number of nitrogen functional groups attached to an aromatic ring is 1. The fourth-order valence-electron chi connectivity index (χ4n) is 3.87. The lowest BCUT2D eigenvalue weighted by atomic mass is 10.3. The first kappa shape index (κ1) is 20.7. The Bertz CT molecular complexity index is 1090. The number of ether oxygens (including phenoxy) is 2. The third-order valence-electron chi connectivity index (χ3n) is 5.54. The summed E-state index contributed by atoms with van der Waals surface area (Å²) in [6.45, 7) is 6.04. The van der Waals surface area contributed by atoms with Gasteiger partial charge >= 0.3 is 0 Å². The molecule has 2 aliphatic heterocycles. The van der Waals surface area contributed by atoms with E-state index in [9.17, 15) is 4.79 Å². The molecule has 0 saturated carbocycles. The Morgan fingerprint density at radius 1 is 0.938 bits per heavy atom. The van der Waals surface area contributed by atoms with E-state index in [0.29, 0.717) is 74.4 Å². The second-order valence-corrected chi connectivity index (χ2v) is 7.77. The number of carbonyl (C=O) groups is 1. The van der Waals surface area contributed by atoms with Gasteiger partial charge < -0.3 is 24.7 Å². The standard InChI is InChI=1S/C20H25N9O3/c21-20-22-9-14(10-23-20)17-25-18(28-3-7-32-8-4-28)16-19(26-17)29(13-24-16)12-15(30)11-27-1-5-31-6-2-27/h9-10,13H,1-8,11-12H2,(H2,21,22,23). The van der Waals surface area contributed by atoms with Crippen molar-refractivity contribution in [3.63, 3.8) is 0 Å². The maximum atomic E-state index is 12.8. The third-order valence-corrected chi connectivity index (χ3v) is 5.54. The smallest absolute Gasteiger partial charge is 0.219 e. The highest BCUT2D eigenvalue weighted by Crippen LogP contribution is 2.27. The molecule has 3 aromatic rings. The van der Waals surface area contributed by atoms with E-state index in [2.05, 4.69) is 24.8 Å². The number of ketones is 1. The number of fused-ring (bicyclic) bond motifs is 1. The lowest BCUT2D eigenvalue weighted by Gasteiger charge is -2.28. The number of hydrogen-bond acceptors (Lipinski definition) is 11. The molecule has 32 heavy (non-hydrogen) atoms. The van der Waals surface area contributed by atoms with Crippen LogP contribution in [0.3, 0.4) is 0 Å². The average molecular weight is 439 g/mol. The van der Waals surface area contributed by atoms with Crippen LogP contribution in [-0.2, 0) is 20.8 Å². The molecule has 5 heterocycles. The normalized spacial score (nSPS) is 17.7. The summed E-state index contributed by atoms with van der Waals surface area (Å²) in [4.78, 5) is 39.2. The summed E-state index contributed by atoms with van der Waals surface area (Å²) in [6.07, 6.45) is 4.84. The molecule has 2 N–H and O–H groups in total. The van der Waals surface area contributed by atoms with Gasteiger partial charge in [-0.25, -0.2) is 24.9 Å². The number of morpholine rings is 2. The van der Waals surface area contributed by atoms with Gasteiger partial charge in [-0.3, -0.25) is 9.69 Å². The lowest BCUT2D eigenvalue weighted by molar-refractivity contribution is -0.121. The van der Waals surface area contributed by atoms with Crippen molar-refractivity contribution in [2.75, 3.05) is 69.8 Å². The van der Waals surface area contributed by atoms with E-state index in [1.54, 1.807) is 23.3 Å². The maximum absolute atomic E-state index is 12.8. The summed E-state index contributed by atoms with van der Waals surface area (Å²) in [5.74, 6) is 1.45. The number of imidazole rings is 1. The Labute approximate surface area is 184 Å². The molecule has 2 saturated heterocycles. The third kappa shape index (κ3) is 4.38. The van der Waals surface area contributed by atoms with Crippen LogP contribution in [0.25, 0.3) is 22.6 Å². The van der Waals surface area contributed by atoms with Crippen LogP contribution in [0.15, 0.2) is 18.7 Å². The quantitative estimate of drug-likeness (QED) is 0.537. The van der Waals surface area contributed by atoms with Crippen LogP contribution < -0.4 is 10.6 Å². The Balaban J connectivity index is 1.49. The molecule has 2 aliphatic rings. The molecule has 2 fully saturated rings. The summed E-state index contributed by atoms with van der Waals surface area (Å²) < 4.78 is 12.6. The SMILES string of the molecule is Nc1ncc(-c2nc(N3CCOCC3)c3ncn(CC(=O)CN4CCOCC4)c3n2)cn1. The van der Waals surface area contributed by atoms with Crippen LogP contribution in [0.5, 0.6) is 0 Å². The number of Topliss-reactive ketones (excluding diaryl/α,β-unsaturated/α-hetero) is 1. The van der Waals surface area contributed by atoms with Gasteiger partial charge in [-0.15, -0.1) is 0 Å². The molecule has 0 amide bonds. The first-order valence-electron chi connectivity index (χ1n) is 10.6. The fourth-order valence-corrected chi connectivity index (χ4v) is 3.87. The maximum Gasteiger partial charge on any atom is 0.219 e. The van der Waals surface area contributed by atoms with Crippen molar-refractivity contribution in [3.8, 4) is 11.4 Å². The second kappa shape index (κ2) is 9.10.